The van der Waals surface area contributed by atoms with Gasteiger partial charge >= 0.3 is 12.2 Å². The normalized spacial score (nSPS) is 10.5. The van der Waals surface area contributed by atoms with Gasteiger partial charge in [-0.05, 0) is 25.8 Å². The maximum absolute atomic E-state index is 12.4. The van der Waals surface area contributed by atoms with Crippen LogP contribution >= 0.6 is 15.9 Å². The molecule has 0 aliphatic rings. The Morgan fingerprint density at radius 1 is 1.67 bits per heavy atom. The first-order chi connectivity index (χ1) is 6.97. The third kappa shape index (κ3) is 2.38. The van der Waals surface area contributed by atoms with Crippen LogP contribution in [0.25, 0.3) is 0 Å². The summed E-state index contributed by atoms with van der Waals surface area (Å²) in [7, 11) is 1.18. The topological polar surface area (TPSA) is 65.3 Å². The van der Waals surface area contributed by atoms with Crippen LogP contribution in [0.1, 0.15) is 12.1 Å². The molecule has 1 heterocycles. The Balaban J connectivity index is 3.37. The molecule has 0 spiro atoms. The third-order valence-electron chi connectivity index (χ3n) is 1.55. The summed E-state index contributed by atoms with van der Waals surface area (Å²) in [6.07, 6.45) is -2.92. The fourth-order valence-electron chi connectivity index (χ4n) is 0.924. The summed E-state index contributed by atoms with van der Waals surface area (Å²) in [5, 5.41) is 10.4. The van der Waals surface area contributed by atoms with Crippen LogP contribution < -0.4 is 4.74 Å². The van der Waals surface area contributed by atoms with Gasteiger partial charge in [0.2, 0.25) is 0 Å². The van der Waals surface area contributed by atoms with Gasteiger partial charge in [0.25, 0.3) is 5.69 Å². The number of alkyl halides is 2. The summed E-state index contributed by atoms with van der Waals surface area (Å²) < 4.78 is 29.4. The van der Waals surface area contributed by atoms with Crippen molar-refractivity contribution >= 4 is 21.7 Å². The van der Waals surface area contributed by atoms with Gasteiger partial charge in [-0.1, -0.05) is 0 Å². The Bertz CT molecular complexity index is 400. The molecule has 1 aromatic heterocycles. The highest BCUT2D eigenvalue weighted by Gasteiger charge is 2.27. The lowest BCUT2D eigenvalue weighted by Crippen LogP contribution is -2.01. The third-order valence-corrected chi connectivity index (χ3v) is 2.13. The van der Waals surface area contributed by atoms with E-state index in [1.165, 1.54) is 7.11 Å². The molecule has 0 saturated heterocycles. The molecule has 0 saturated carbocycles. The number of nitro groups is 1. The molecule has 0 radical (unpaired) electrons. The second-order valence-corrected chi connectivity index (χ2v) is 3.29. The summed E-state index contributed by atoms with van der Waals surface area (Å²) in [5.41, 5.74) is -0.743. The van der Waals surface area contributed by atoms with Gasteiger partial charge in [-0.15, -0.1) is 0 Å². The van der Waals surface area contributed by atoms with Crippen LogP contribution in [0.4, 0.5) is 14.6 Å². The summed E-state index contributed by atoms with van der Waals surface area (Å²) >= 11 is 2.84. The fourth-order valence-corrected chi connectivity index (χ4v) is 1.37. The molecule has 0 unspecified atom stereocenters. The van der Waals surface area contributed by atoms with Crippen molar-refractivity contribution in [3.63, 3.8) is 0 Å². The molecular formula is C7H5BrF2N2O3. The first-order valence-corrected chi connectivity index (χ1v) is 4.43. The molecule has 0 fully saturated rings. The van der Waals surface area contributed by atoms with E-state index in [9.17, 15) is 18.9 Å². The van der Waals surface area contributed by atoms with Crippen LogP contribution in [0.5, 0.6) is 5.75 Å². The molecule has 8 heteroatoms. The zero-order chi connectivity index (χ0) is 11.6. The standard InChI is InChI=1S/C7H5BrF2N2O3/c1-15-4-2-3(8)7(12(13)14)11-5(4)6(9)10/h2,6H,1H3. The van der Waals surface area contributed by atoms with Crippen molar-refractivity contribution in [2.45, 2.75) is 6.43 Å². The molecule has 0 N–H and O–H groups in total. The van der Waals surface area contributed by atoms with E-state index in [2.05, 4.69) is 25.7 Å². The summed E-state index contributed by atoms with van der Waals surface area (Å²) in [6, 6.07) is 1.09. The van der Waals surface area contributed by atoms with E-state index < -0.39 is 22.9 Å². The highest BCUT2D eigenvalue weighted by Crippen LogP contribution is 2.34. The molecule has 0 bridgehead atoms. The van der Waals surface area contributed by atoms with Gasteiger partial charge in [0.05, 0.1) is 7.11 Å². The Kier molecular flexibility index (Phi) is 3.51. The molecule has 0 aromatic carbocycles. The van der Waals surface area contributed by atoms with Crippen LogP contribution in [-0.2, 0) is 0 Å². The van der Waals surface area contributed by atoms with Crippen molar-refractivity contribution in [2.75, 3.05) is 7.11 Å². The second-order valence-electron chi connectivity index (χ2n) is 2.44. The maximum atomic E-state index is 12.4. The van der Waals surface area contributed by atoms with Gasteiger partial charge in [-0.25, -0.2) is 8.78 Å². The molecule has 15 heavy (non-hydrogen) atoms. The highest BCUT2D eigenvalue weighted by molar-refractivity contribution is 9.10. The molecule has 82 valence electrons. The molecule has 5 nitrogen and oxygen atoms in total. The summed E-state index contributed by atoms with van der Waals surface area (Å²) in [4.78, 5) is 12.8. The highest BCUT2D eigenvalue weighted by atomic mass is 79.9. The molecule has 0 aliphatic carbocycles. The zero-order valence-corrected chi connectivity index (χ0v) is 8.99. The monoisotopic (exact) mass is 282 g/mol. The van der Waals surface area contributed by atoms with E-state index in [0.717, 1.165) is 6.07 Å². The predicted octanol–water partition coefficient (Wildman–Crippen LogP) is 2.70. The van der Waals surface area contributed by atoms with E-state index in [0.29, 0.717) is 0 Å². The van der Waals surface area contributed by atoms with E-state index >= 15 is 0 Å². The SMILES string of the molecule is COc1cc(Br)c([N+](=O)[O-])nc1C(F)F. The zero-order valence-electron chi connectivity index (χ0n) is 7.41. The van der Waals surface area contributed by atoms with Gasteiger partial charge in [0, 0.05) is 6.07 Å². The minimum atomic E-state index is -2.92. The van der Waals surface area contributed by atoms with Crippen molar-refractivity contribution in [3.05, 3.63) is 26.3 Å². The van der Waals surface area contributed by atoms with Gasteiger partial charge in [0.1, 0.15) is 4.47 Å². The van der Waals surface area contributed by atoms with E-state index in [1.54, 1.807) is 0 Å². The first-order valence-electron chi connectivity index (χ1n) is 3.64. The number of methoxy groups -OCH3 is 1. The maximum Gasteiger partial charge on any atom is 0.378 e. The molecule has 1 aromatic rings. The van der Waals surface area contributed by atoms with E-state index in [4.69, 9.17) is 0 Å². The van der Waals surface area contributed by atoms with Crippen molar-refractivity contribution in [1.29, 1.82) is 0 Å². The lowest BCUT2D eigenvalue weighted by molar-refractivity contribution is -0.390. The molecule has 0 amide bonds. The van der Waals surface area contributed by atoms with Crippen molar-refractivity contribution in [1.82, 2.24) is 4.98 Å². The van der Waals surface area contributed by atoms with Gasteiger partial charge in [-0.3, -0.25) is 0 Å². The van der Waals surface area contributed by atoms with Crippen LogP contribution in [0.2, 0.25) is 0 Å². The lowest BCUT2D eigenvalue weighted by atomic mass is 10.3. The van der Waals surface area contributed by atoms with Crippen molar-refractivity contribution < 1.29 is 18.4 Å². The van der Waals surface area contributed by atoms with Crippen molar-refractivity contribution in [3.8, 4) is 5.75 Å². The number of rotatable bonds is 3. The predicted molar refractivity (Wildman–Crippen MR) is 50.1 cm³/mol. The number of halogens is 3. The number of aromatic nitrogens is 1. The van der Waals surface area contributed by atoms with E-state index in [1.807, 2.05) is 0 Å². The Morgan fingerprint density at radius 2 is 2.27 bits per heavy atom. The van der Waals surface area contributed by atoms with Crippen molar-refractivity contribution in [2.24, 2.45) is 0 Å². The molecule has 0 atom stereocenters. The minimum absolute atomic E-state index is 0.00579. The summed E-state index contributed by atoms with van der Waals surface area (Å²) in [6.45, 7) is 0. The first kappa shape index (κ1) is 11.8. The average molecular weight is 283 g/mol. The van der Waals surface area contributed by atoms with Gasteiger partial charge in [-0.2, -0.15) is 0 Å². The number of pyridine rings is 1. The van der Waals surface area contributed by atoms with Crippen LogP contribution in [-0.4, -0.2) is 17.0 Å². The minimum Gasteiger partial charge on any atom is -0.492 e. The number of nitrogens with zero attached hydrogens (tertiary/aromatic N) is 2. The Morgan fingerprint density at radius 3 is 2.67 bits per heavy atom. The van der Waals surface area contributed by atoms with Crippen LogP contribution in [0.15, 0.2) is 10.5 Å². The summed E-state index contributed by atoms with van der Waals surface area (Å²) in [5.74, 6) is -0.853. The molecular weight excluding hydrogens is 278 g/mol. The fraction of sp³-hybridized carbons (Fsp3) is 0.286. The van der Waals surface area contributed by atoms with Crippen LogP contribution in [0.3, 0.4) is 0 Å². The lowest BCUT2D eigenvalue weighted by Gasteiger charge is -2.04. The average Bonchev–Trinajstić information content (AvgIpc) is 2.16. The quantitative estimate of drug-likeness (QED) is 0.632. The number of hydrogen-bond donors (Lipinski definition) is 0. The number of hydrogen-bond acceptors (Lipinski definition) is 4. The smallest absolute Gasteiger partial charge is 0.378 e. The second kappa shape index (κ2) is 4.47. The number of ether oxygens (including phenoxy) is 1. The molecule has 0 aliphatic heterocycles. The van der Waals surface area contributed by atoms with E-state index in [-0.39, 0.29) is 10.2 Å². The largest absolute Gasteiger partial charge is 0.492 e. The van der Waals surface area contributed by atoms with Gasteiger partial charge < -0.3 is 14.9 Å². The van der Waals surface area contributed by atoms with Crippen LogP contribution in [0, 0.1) is 10.1 Å². The Hall–Kier alpha value is -1.31. The Labute approximate surface area is 91.3 Å². The molecule has 1 rings (SSSR count). The van der Waals surface area contributed by atoms with Gasteiger partial charge in [0.15, 0.2) is 5.75 Å².